The minimum absolute atomic E-state index is 0.136. The number of nitrogens with one attached hydrogen (secondary N) is 1. The van der Waals surface area contributed by atoms with Gasteiger partial charge in [-0.25, -0.2) is 14.4 Å². The lowest BCUT2D eigenvalue weighted by Crippen LogP contribution is -2.42. The van der Waals surface area contributed by atoms with Gasteiger partial charge in [-0.2, -0.15) is 0 Å². The maximum atomic E-state index is 12.5. The molecule has 1 fully saturated rings. The Morgan fingerprint density at radius 2 is 2.12 bits per heavy atom. The maximum Gasteiger partial charge on any atom is 0.144 e. The van der Waals surface area contributed by atoms with Crippen molar-refractivity contribution in [1.29, 1.82) is 0 Å². The number of rotatable bonds is 6. The lowest BCUT2D eigenvalue weighted by Gasteiger charge is -2.29. The molecule has 1 atom stereocenters. The third-order valence-corrected chi connectivity index (χ3v) is 4.60. The molecule has 6 nitrogen and oxygen atoms in total. The first-order valence-electron chi connectivity index (χ1n) is 8.57. The number of benzene rings is 1. The first kappa shape index (κ1) is 17.8. The summed E-state index contributed by atoms with van der Waals surface area (Å²) < 4.78 is 23.5. The molecule has 2 heterocycles. The van der Waals surface area contributed by atoms with Gasteiger partial charge in [-0.15, -0.1) is 0 Å². The Morgan fingerprint density at radius 3 is 2.76 bits per heavy atom. The Bertz CT molecular complexity index is 626. The van der Waals surface area contributed by atoms with E-state index in [1.54, 1.807) is 0 Å². The fourth-order valence-electron chi connectivity index (χ4n) is 3.08. The monoisotopic (exact) mass is 348 g/mol. The fourth-order valence-corrected chi connectivity index (χ4v) is 3.08. The van der Waals surface area contributed by atoms with Gasteiger partial charge in [-0.3, -0.25) is 0 Å². The van der Waals surface area contributed by atoms with Crippen molar-refractivity contribution < 1.29 is 13.9 Å². The minimum Gasteiger partial charge on any atom is -0.489 e. The molecule has 1 aromatic carbocycles. The highest BCUT2D eigenvalue weighted by molar-refractivity contribution is 5.99. The van der Waals surface area contributed by atoms with E-state index in [0.29, 0.717) is 23.6 Å². The second-order valence-corrected chi connectivity index (χ2v) is 6.35. The molecule has 7 heteroatoms. The molecular weight excluding hydrogens is 323 g/mol. The maximum absolute atomic E-state index is 12.5. The standard InChI is InChI=1S/C18H25FN4O2/c1-23-18(15-6-8-24-9-7-15)21-17(22-23)14-2-4-16(5-3-14)25-12-13(10-19)11-20/h2-5,10,15,18H,6-9,11-12,20H2,1H3,(H,21,22)/b13-10+. The van der Waals surface area contributed by atoms with Crippen LogP contribution in [-0.2, 0) is 4.74 Å². The van der Waals surface area contributed by atoms with Crippen LogP contribution in [0.5, 0.6) is 5.75 Å². The Labute approximate surface area is 147 Å². The second kappa shape index (κ2) is 8.42. The van der Waals surface area contributed by atoms with Crippen LogP contribution in [0.1, 0.15) is 18.4 Å². The van der Waals surface area contributed by atoms with Gasteiger partial charge in [0.15, 0.2) is 0 Å². The Morgan fingerprint density at radius 1 is 1.40 bits per heavy atom. The molecule has 2 aliphatic rings. The molecule has 1 unspecified atom stereocenters. The largest absolute Gasteiger partial charge is 0.489 e. The minimum atomic E-state index is 0.136. The SMILES string of the molecule is CN1NC(c2ccc(OC/C(=C/F)CN)cc2)=NC1C1CCOCC1. The van der Waals surface area contributed by atoms with Gasteiger partial charge in [-0.05, 0) is 37.1 Å². The van der Waals surface area contributed by atoms with Gasteiger partial charge in [0.05, 0.1) is 6.33 Å². The highest BCUT2D eigenvalue weighted by atomic mass is 19.1. The van der Waals surface area contributed by atoms with Gasteiger partial charge in [0.1, 0.15) is 24.4 Å². The molecule has 1 saturated heterocycles. The molecule has 0 aliphatic carbocycles. The van der Waals surface area contributed by atoms with Crippen molar-refractivity contribution in [3.63, 3.8) is 0 Å². The average molecular weight is 348 g/mol. The van der Waals surface area contributed by atoms with Crippen LogP contribution in [0.2, 0.25) is 0 Å². The number of aliphatic imine (C=N–C) groups is 1. The Balaban J connectivity index is 1.63. The molecule has 0 aromatic heterocycles. The van der Waals surface area contributed by atoms with Crippen LogP contribution in [0.25, 0.3) is 0 Å². The van der Waals surface area contributed by atoms with E-state index < -0.39 is 0 Å². The summed E-state index contributed by atoms with van der Waals surface area (Å²) in [5.74, 6) is 2.04. The van der Waals surface area contributed by atoms with Crippen LogP contribution in [0.3, 0.4) is 0 Å². The summed E-state index contributed by atoms with van der Waals surface area (Å²) in [6.45, 7) is 1.92. The Kier molecular flexibility index (Phi) is 6.01. The van der Waals surface area contributed by atoms with Crippen LogP contribution in [0, 0.1) is 5.92 Å². The van der Waals surface area contributed by atoms with Gasteiger partial charge >= 0.3 is 0 Å². The molecule has 136 valence electrons. The number of hydrogen-bond donors (Lipinski definition) is 2. The zero-order valence-electron chi connectivity index (χ0n) is 14.5. The quantitative estimate of drug-likeness (QED) is 0.821. The molecule has 25 heavy (non-hydrogen) atoms. The zero-order valence-corrected chi connectivity index (χ0v) is 14.5. The van der Waals surface area contributed by atoms with Crippen LogP contribution < -0.4 is 15.9 Å². The van der Waals surface area contributed by atoms with E-state index >= 15 is 0 Å². The summed E-state index contributed by atoms with van der Waals surface area (Å²) in [6, 6.07) is 7.60. The second-order valence-electron chi connectivity index (χ2n) is 6.35. The summed E-state index contributed by atoms with van der Waals surface area (Å²) in [7, 11) is 2.02. The van der Waals surface area contributed by atoms with Gasteiger partial charge in [-0.1, -0.05) is 0 Å². The fraction of sp³-hybridized carbons (Fsp3) is 0.500. The molecule has 0 bridgehead atoms. The summed E-state index contributed by atoms with van der Waals surface area (Å²) in [5.41, 5.74) is 10.2. The highest BCUT2D eigenvalue weighted by Crippen LogP contribution is 2.26. The number of nitrogens with zero attached hydrogens (tertiary/aromatic N) is 2. The molecule has 0 spiro atoms. The molecule has 1 aromatic rings. The molecule has 3 rings (SSSR count). The zero-order chi connectivity index (χ0) is 17.6. The first-order chi connectivity index (χ1) is 12.2. The van der Waals surface area contributed by atoms with E-state index in [4.69, 9.17) is 20.2 Å². The summed E-state index contributed by atoms with van der Waals surface area (Å²) in [4.78, 5) is 4.85. The van der Waals surface area contributed by atoms with E-state index in [0.717, 1.165) is 37.5 Å². The average Bonchev–Trinajstić information content (AvgIpc) is 3.05. The van der Waals surface area contributed by atoms with Crippen molar-refractivity contribution >= 4 is 5.84 Å². The topological polar surface area (TPSA) is 72.1 Å². The predicted molar refractivity (Wildman–Crippen MR) is 94.9 cm³/mol. The van der Waals surface area contributed by atoms with Gasteiger partial charge in [0.25, 0.3) is 0 Å². The summed E-state index contributed by atoms with van der Waals surface area (Å²) in [5, 5.41) is 2.06. The van der Waals surface area contributed by atoms with E-state index in [1.807, 2.05) is 31.3 Å². The number of halogens is 1. The predicted octanol–water partition coefficient (Wildman–Crippen LogP) is 1.83. The molecular formula is C18H25FN4O2. The van der Waals surface area contributed by atoms with Crippen molar-refractivity contribution in [3.05, 3.63) is 41.7 Å². The van der Waals surface area contributed by atoms with Crippen molar-refractivity contribution in [2.75, 3.05) is 33.4 Å². The van der Waals surface area contributed by atoms with Crippen molar-refractivity contribution in [2.45, 2.75) is 19.0 Å². The molecule has 0 amide bonds. The summed E-state index contributed by atoms with van der Waals surface area (Å²) in [6.07, 6.45) is 2.70. The van der Waals surface area contributed by atoms with E-state index in [9.17, 15) is 4.39 Å². The lowest BCUT2D eigenvalue weighted by molar-refractivity contribution is 0.0333. The Hall–Kier alpha value is -1.96. The number of hydrazine groups is 1. The number of amidine groups is 1. The number of hydrogen-bond acceptors (Lipinski definition) is 6. The van der Waals surface area contributed by atoms with E-state index in [2.05, 4.69) is 10.4 Å². The number of nitrogens with two attached hydrogens (primary N) is 1. The molecule has 2 aliphatic heterocycles. The smallest absolute Gasteiger partial charge is 0.144 e. The van der Waals surface area contributed by atoms with E-state index in [1.165, 1.54) is 0 Å². The van der Waals surface area contributed by atoms with Crippen molar-refractivity contribution in [3.8, 4) is 5.75 Å². The van der Waals surface area contributed by atoms with Crippen LogP contribution in [0.4, 0.5) is 4.39 Å². The van der Waals surface area contributed by atoms with Crippen LogP contribution in [0.15, 0.2) is 41.2 Å². The lowest BCUT2D eigenvalue weighted by atomic mass is 9.97. The molecule has 0 radical (unpaired) electrons. The van der Waals surface area contributed by atoms with Gasteiger partial charge in [0, 0.05) is 43.9 Å². The normalized spacial score (nSPS) is 22.6. The van der Waals surface area contributed by atoms with Crippen LogP contribution in [-0.4, -0.2) is 50.4 Å². The molecule has 0 saturated carbocycles. The van der Waals surface area contributed by atoms with Crippen molar-refractivity contribution in [2.24, 2.45) is 16.6 Å². The first-order valence-corrected chi connectivity index (χ1v) is 8.57. The number of ether oxygens (including phenoxy) is 2. The van der Waals surface area contributed by atoms with Gasteiger partial charge in [0.2, 0.25) is 0 Å². The third kappa shape index (κ3) is 4.36. The summed E-state index contributed by atoms with van der Waals surface area (Å²) >= 11 is 0. The third-order valence-electron chi connectivity index (χ3n) is 4.60. The van der Waals surface area contributed by atoms with Gasteiger partial charge < -0.3 is 20.6 Å². The molecule has 3 N–H and O–H groups in total. The highest BCUT2D eigenvalue weighted by Gasteiger charge is 2.32. The van der Waals surface area contributed by atoms with Crippen molar-refractivity contribution in [1.82, 2.24) is 10.4 Å². The van der Waals surface area contributed by atoms with E-state index in [-0.39, 0.29) is 19.3 Å². The van der Waals surface area contributed by atoms with Crippen LogP contribution >= 0.6 is 0 Å².